The highest BCUT2D eigenvalue weighted by molar-refractivity contribution is 5.75. The first-order valence-corrected chi connectivity index (χ1v) is 7.91. The number of benzene rings is 1. The fraction of sp³-hybridized carbons (Fsp3) is 0.368. The van der Waals surface area contributed by atoms with E-state index in [0.29, 0.717) is 13.0 Å². The molecule has 0 aliphatic heterocycles. The molecule has 0 saturated heterocycles. The number of nitrogens with zero attached hydrogens (tertiary/aromatic N) is 1. The fourth-order valence-corrected chi connectivity index (χ4v) is 2.50. The highest BCUT2D eigenvalue weighted by Gasteiger charge is 2.14. The average Bonchev–Trinajstić information content (AvgIpc) is 2.53. The lowest BCUT2D eigenvalue weighted by Crippen LogP contribution is -2.29. The number of rotatable bonds is 7. The number of aromatic nitrogens is 1. The molecule has 1 atom stereocenters. The molecule has 3 heteroatoms. The summed E-state index contributed by atoms with van der Waals surface area (Å²) >= 11 is 0. The second kappa shape index (κ2) is 8.32. The molecule has 1 heterocycles. The molecule has 0 saturated carbocycles. The minimum atomic E-state index is 0.130. The van der Waals surface area contributed by atoms with Crippen LogP contribution in [0.25, 0.3) is 0 Å². The van der Waals surface area contributed by atoms with Gasteiger partial charge in [0.2, 0.25) is 5.91 Å². The minimum absolute atomic E-state index is 0.130. The SMILES string of the molecule is CCCC(=O)NCC(Cc1cccnc1)c1ccc(C)cc1. The molecular formula is C19H24N2O. The molecule has 0 bridgehead atoms. The van der Waals surface area contributed by atoms with Crippen molar-refractivity contribution in [1.82, 2.24) is 10.3 Å². The Bertz CT molecular complexity index is 578. The Balaban J connectivity index is 2.09. The van der Waals surface area contributed by atoms with Crippen molar-refractivity contribution in [3.63, 3.8) is 0 Å². The van der Waals surface area contributed by atoms with Crippen LogP contribution in [-0.2, 0) is 11.2 Å². The van der Waals surface area contributed by atoms with Crippen molar-refractivity contribution in [2.45, 2.75) is 39.0 Å². The van der Waals surface area contributed by atoms with Gasteiger partial charge >= 0.3 is 0 Å². The van der Waals surface area contributed by atoms with Crippen LogP contribution in [0.2, 0.25) is 0 Å². The third-order valence-electron chi connectivity index (χ3n) is 3.78. The first-order chi connectivity index (χ1) is 10.7. The first kappa shape index (κ1) is 16.2. The summed E-state index contributed by atoms with van der Waals surface area (Å²) in [5.74, 6) is 0.399. The van der Waals surface area contributed by atoms with Gasteiger partial charge in [0, 0.05) is 31.3 Å². The van der Waals surface area contributed by atoms with Gasteiger partial charge in [-0.05, 0) is 37.0 Å². The highest BCUT2D eigenvalue weighted by Crippen LogP contribution is 2.20. The zero-order chi connectivity index (χ0) is 15.8. The number of amides is 1. The van der Waals surface area contributed by atoms with Crippen molar-refractivity contribution in [2.24, 2.45) is 0 Å². The Morgan fingerprint density at radius 3 is 2.64 bits per heavy atom. The Morgan fingerprint density at radius 1 is 1.23 bits per heavy atom. The third-order valence-corrected chi connectivity index (χ3v) is 3.78. The van der Waals surface area contributed by atoms with E-state index in [9.17, 15) is 4.79 Å². The van der Waals surface area contributed by atoms with Gasteiger partial charge in [-0.1, -0.05) is 42.8 Å². The zero-order valence-electron chi connectivity index (χ0n) is 13.4. The van der Waals surface area contributed by atoms with Crippen molar-refractivity contribution in [1.29, 1.82) is 0 Å². The Morgan fingerprint density at radius 2 is 2.00 bits per heavy atom. The maximum atomic E-state index is 11.8. The summed E-state index contributed by atoms with van der Waals surface area (Å²) in [6.07, 6.45) is 6.03. The summed E-state index contributed by atoms with van der Waals surface area (Å²) in [6, 6.07) is 12.6. The Hall–Kier alpha value is -2.16. The van der Waals surface area contributed by atoms with Gasteiger partial charge in [-0.3, -0.25) is 9.78 Å². The summed E-state index contributed by atoms with van der Waals surface area (Å²) in [5, 5.41) is 3.06. The lowest BCUT2D eigenvalue weighted by Gasteiger charge is -2.18. The summed E-state index contributed by atoms with van der Waals surface area (Å²) in [5.41, 5.74) is 3.70. The molecular weight excluding hydrogens is 272 g/mol. The molecule has 2 aromatic rings. The summed E-state index contributed by atoms with van der Waals surface area (Å²) in [6.45, 7) is 4.77. The largest absolute Gasteiger partial charge is 0.355 e. The molecule has 1 amide bonds. The topological polar surface area (TPSA) is 42.0 Å². The predicted octanol–water partition coefficient (Wildman–Crippen LogP) is 3.63. The molecule has 0 aliphatic carbocycles. The van der Waals surface area contributed by atoms with Gasteiger partial charge in [-0.25, -0.2) is 0 Å². The summed E-state index contributed by atoms with van der Waals surface area (Å²) < 4.78 is 0. The van der Waals surface area contributed by atoms with Crippen LogP contribution in [0.1, 0.15) is 42.4 Å². The van der Waals surface area contributed by atoms with E-state index in [2.05, 4.69) is 47.6 Å². The normalized spacial score (nSPS) is 11.9. The molecule has 0 aliphatic rings. The Labute approximate surface area is 132 Å². The van der Waals surface area contributed by atoms with Crippen LogP contribution >= 0.6 is 0 Å². The second-order valence-electron chi connectivity index (χ2n) is 5.73. The lowest BCUT2D eigenvalue weighted by molar-refractivity contribution is -0.121. The van der Waals surface area contributed by atoms with Crippen molar-refractivity contribution in [3.05, 3.63) is 65.5 Å². The maximum Gasteiger partial charge on any atom is 0.220 e. The van der Waals surface area contributed by atoms with Crippen LogP contribution in [0.15, 0.2) is 48.8 Å². The standard InChI is InChI=1S/C19H24N2O/c1-3-5-19(22)21-14-18(12-16-6-4-11-20-13-16)17-9-7-15(2)8-10-17/h4,6-11,13,18H,3,5,12,14H2,1-2H3,(H,21,22). The molecule has 0 radical (unpaired) electrons. The third kappa shape index (κ3) is 4.99. The molecule has 0 spiro atoms. The summed E-state index contributed by atoms with van der Waals surface area (Å²) in [7, 11) is 0. The van der Waals surface area contributed by atoms with E-state index in [1.165, 1.54) is 16.7 Å². The van der Waals surface area contributed by atoms with Crippen LogP contribution in [0.4, 0.5) is 0 Å². The number of pyridine rings is 1. The predicted molar refractivity (Wildman–Crippen MR) is 89.8 cm³/mol. The van der Waals surface area contributed by atoms with E-state index in [-0.39, 0.29) is 11.8 Å². The second-order valence-corrected chi connectivity index (χ2v) is 5.73. The zero-order valence-corrected chi connectivity index (χ0v) is 13.4. The van der Waals surface area contributed by atoms with Crippen molar-refractivity contribution in [2.75, 3.05) is 6.54 Å². The number of nitrogens with one attached hydrogen (secondary N) is 1. The molecule has 1 aromatic heterocycles. The van der Waals surface area contributed by atoms with Crippen molar-refractivity contribution < 1.29 is 4.79 Å². The first-order valence-electron chi connectivity index (χ1n) is 7.91. The van der Waals surface area contributed by atoms with E-state index in [0.717, 1.165) is 12.8 Å². The van der Waals surface area contributed by atoms with E-state index in [1.807, 2.05) is 19.2 Å². The van der Waals surface area contributed by atoms with Gasteiger partial charge < -0.3 is 5.32 Å². The molecule has 3 nitrogen and oxygen atoms in total. The van der Waals surface area contributed by atoms with Crippen LogP contribution in [-0.4, -0.2) is 17.4 Å². The highest BCUT2D eigenvalue weighted by atomic mass is 16.1. The molecule has 22 heavy (non-hydrogen) atoms. The molecule has 116 valence electrons. The number of carbonyl (C=O) groups is 1. The van der Waals surface area contributed by atoms with E-state index < -0.39 is 0 Å². The lowest BCUT2D eigenvalue weighted by atomic mass is 9.92. The number of carbonyl (C=O) groups excluding carboxylic acids is 1. The number of hydrogen-bond donors (Lipinski definition) is 1. The van der Waals surface area contributed by atoms with Gasteiger partial charge in [0.1, 0.15) is 0 Å². The average molecular weight is 296 g/mol. The fourth-order valence-electron chi connectivity index (χ4n) is 2.50. The number of hydrogen-bond acceptors (Lipinski definition) is 2. The van der Waals surface area contributed by atoms with Crippen LogP contribution in [0.3, 0.4) is 0 Å². The molecule has 2 rings (SSSR count). The maximum absolute atomic E-state index is 11.8. The van der Waals surface area contributed by atoms with Crippen LogP contribution in [0, 0.1) is 6.92 Å². The molecule has 1 N–H and O–H groups in total. The van der Waals surface area contributed by atoms with E-state index in [4.69, 9.17) is 0 Å². The monoisotopic (exact) mass is 296 g/mol. The van der Waals surface area contributed by atoms with E-state index >= 15 is 0 Å². The smallest absolute Gasteiger partial charge is 0.220 e. The van der Waals surface area contributed by atoms with Gasteiger partial charge in [-0.2, -0.15) is 0 Å². The molecule has 1 unspecified atom stereocenters. The van der Waals surface area contributed by atoms with Gasteiger partial charge in [0.25, 0.3) is 0 Å². The molecule has 1 aromatic carbocycles. The van der Waals surface area contributed by atoms with Crippen molar-refractivity contribution >= 4 is 5.91 Å². The molecule has 0 fully saturated rings. The van der Waals surface area contributed by atoms with Crippen molar-refractivity contribution in [3.8, 4) is 0 Å². The van der Waals surface area contributed by atoms with Gasteiger partial charge in [-0.15, -0.1) is 0 Å². The number of aryl methyl sites for hydroxylation is 1. The quantitative estimate of drug-likeness (QED) is 0.847. The summed E-state index contributed by atoms with van der Waals surface area (Å²) in [4.78, 5) is 15.9. The van der Waals surface area contributed by atoms with Gasteiger partial charge in [0.15, 0.2) is 0 Å². The van der Waals surface area contributed by atoms with Crippen LogP contribution in [0.5, 0.6) is 0 Å². The minimum Gasteiger partial charge on any atom is -0.355 e. The Kier molecular flexibility index (Phi) is 6.13. The van der Waals surface area contributed by atoms with Crippen LogP contribution < -0.4 is 5.32 Å². The van der Waals surface area contributed by atoms with Gasteiger partial charge in [0.05, 0.1) is 0 Å². The van der Waals surface area contributed by atoms with E-state index in [1.54, 1.807) is 6.20 Å².